The van der Waals surface area contributed by atoms with Crippen LogP contribution in [0, 0.1) is 11.3 Å². The van der Waals surface area contributed by atoms with Gasteiger partial charge in [-0.2, -0.15) is 5.26 Å². The molecule has 2 aromatic heterocycles. The van der Waals surface area contributed by atoms with Gasteiger partial charge in [-0.25, -0.2) is 4.98 Å². The minimum absolute atomic E-state index is 0.0294. The average Bonchev–Trinajstić information content (AvgIpc) is 3.22. The highest BCUT2D eigenvalue weighted by molar-refractivity contribution is 5.78. The number of methoxy groups -OCH3 is 1. The van der Waals surface area contributed by atoms with Crippen LogP contribution >= 0.6 is 0 Å². The number of carbonyl (C=O) groups excluding carboxylic acids is 1. The quantitative estimate of drug-likeness (QED) is 0.862. The zero-order valence-electron chi connectivity index (χ0n) is 14.2. The Balaban J connectivity index is 1.85. The lowest BCUT2D eigenvalue weighted by atomic mass is 10.00. The van der Waals surface area contributed by atoms with Gasteiger partial charge in [0.25, 0.3) is 0 Å². The fourth-order valence-electron chi connectivity index (χ4n) is 3.10. The summed E-state index contributed by atoms with van der Waals surface area (Å²) in [5.74, 6) is -0.0234. The van der Waals surface area contributed by atoms with Gasteiger partial charge in [0.05, 0.1) is 29.3 Å². The van der Waals surface area contributed by atoms with Crippen LogP contribution in [0.1, 0.15) is 17.2 Å². The molecule has 3 heterocycles. The number of anilines is 1. The van der Waals surface area contributed by atoms with E-state index < -0.39 is 0 Å². The largest absolute Gasteiger partial charge is 0.379 e. The van der Waals surface area contributed by atoms with E-state index in [1.165, 1.54) is 13.3 Å². The second-order valence-corrected chi connectivity index (χ2v) is 6.09. The number of imidazole rings is 1. The van der Waals surface area contributed by atoms with Gasteiger partial charge in [0.1, 0.15) is 12.7 Å². The molecule has 1 saturated heterocycles. The summed E-state index contributed by atoms with van der Waals surface area (Å²) in [6, 6.07) is 3.86. The number of aryl methyl sites for hydroxylation is 1. The third kappa shape index (κ3) is 3.61. The van der Waals surface area contributed by atoms with E-state index in [2.05, 4.69) is 21.4 Å². The normalized spacial score (nSPS) is 19.6. The summed E-state index contributed by atoms with van der Waals surface area (Å²) in [4.78, 5) is 22.4. The Kier molecular flexibility index (Phi) is 4.95. The first-order valence-electron chi connectivity index (χ1n) is 7.97. The van der Waals surface area contributed by atoms with Crippen LogP contribution in [0.25, 0.3) is 0 Å². The number of nitrogens with one attached hydrogen (secondary N) is 1. The molecule has 2 atom stereocenters. The Hall–Kier alpha value is -2.92. The van der Waals surface area contributed by atoms with Crippen molar-refractivity contribution in [1.82, 2.24) is 19.4 Å². The van der Waals surface area contributed by atoms with Gasteiger partial charge >= 0.3 is 0 Å². The van der Waals surface area contributed by atoms with Crippen LogP contribution < -0.4 is 5.32 Å². The molecule has 3 rings (SSSR count). The molecule has 0 saturated carbocycles. The lowest BCUT2D eigenvalue weighted by molar-refractivity contribution is -0.134. The van der Waals surface area contributed by atoms with Gasteiger partial charge in [-0.3, -0.25) is 9.78 Å². The molecular weight excluding hydrogens is 320 g/mol. The zero-order valence-corrected chi connectivity index (χ0v) is 14.2. The Morgan fingerprint density at radius 3 is 3.04 bits per heavy atom. The van der Waals surface area contributed by atoms with Crippen molar-refractivity contribution in [3.63, 3.8) is 0 Å². The smallest absolute Gasteiger partial charge is 0.248 e. The van der Waals surface area contributed by atoms with Crippen molar-refractivity contribution in [1.29, 1.82) is 5.26 Å². The Morgan fingerprint density at radius 2 is 2.36 bits per heavy atom. The molecule has 0 aromatic carbocycles. The van der Waals surface area contributed by atoms with Gasteiger partial charge in [0.2, 0.25) is 5.91 Å². The fourth-order valence-corrected chi connectivity index (χ4v) is 3.10. The number of nitriles is 1. The molecule has 130 valence electrons. The third-order valence-electron chi connectivity index (χ3n) is 4.33. The Morgan fingerprint density at radius 1 is 1.52 bits per heavy atom. The van der Waals surface area contributed by atoms with Crippen LogP contribution in [-0.2, 0) is 16.6 Å². The first-order valence-corrected chi connectivity index (χ1v) is 7.97. The molecule has 1 aliphatic rings. The van der Waals surface area contributed by atoms with Gasteiger partial charge in [0, 0.05) is 51.8 Å². The molecule has 1 N–H and O–H groups in total. The molecule has 8 heteroatoms. The number of hydrogen-bond acceptors (Lipinski definition) is 6. The van der Waals surface area contributed by atoms with Gasteiger partial charge in [-0.15, -0.1) is 0 Å². The fraction of sp³-hybridized carbons (Fsp3) is 0.412. The predicted molar refractivity (Wildman–Crippen MR) is 90.8 cm³/mol. The number of carbonyl (C=O) groups is 1. The van der Waals surface area contributed by atoms with E-state index in [0.29, 0.717) is 24.3 Å². The van der Waals surface area contributed by atoms with Crippen molar-refractivity contribution in [3.8, 4) is 6.07 Å². The molecule has 0 aliphatic carbocycles. The topological polar surface area (TPSA) is 96.1 Å². The van der Waals surface area contributed by atoms with Crippen LogP contribution in [-0.4, -0.2) is 58.2 Å². The van der Waals surface area contributed by atoms with E-state index in [-0.39, 0.29) is 24.5 Å². The van der Waals surface area contributed by atoms with Gasteiger partial charge < -0.3 is 19.5 Å². The van der Waals surface area contributed by atoms with Gasteiger partial charge in [-0.05, 0) is 6.07 Å². The van der Waals surface area contributed by atoms with Crippen molar-refractivity contribution in [2.45, 2.75) is 12.0 Å². The number of hydrogen-bond donors (Lipinski definition) is 1. The predicted octanol–water partition coefficient (Wildman–Crippen LogP) is 0.740. The molecule has 1 amide bonds. The minimum atomic E-state index is -0.0528. The lowest BCUT2D eigenvalue weighted by Crippen LogP contribution is -2.34. The monoisotopic (exact) mass is 340 g/mol. The molecule has 0 bridgehead atoms. The summed E-state index contributed by atoms with van der Waals surface area (Å²) >= 11 is 0. The summed E-state index contributed by atoms with van der Waals surface area (Å²) < 4.78 is 6.86. The molecular formula is C17H20N6O2. The maximum atomic E-state index is 12.2. The van der Waals surface area contributed by atoms with E-state index in [1.807, 2.05) is 17.8 Å². The van der Waals surface area contributed by atoms with E-state index >= 15 is 0 Å². The molecule has 0 spiro atoms. The van der Waals surface area contributed by atoms with E-state index in [1.54, 1.807) is 23.5 Å². The van der Waals surface area contributed by atoms with Crippen LogP contribution in [0.5, 0.6) is 0 Å². The molecule has 0 radical (unpaired) electrons. The number of pyridine rings is 1. The molecule has 25 heavy (non-hydrogen) atoms. The average molecular weight is 340 g/mol. The van der Waals surface area contributed by atoms with Crippen molar-refractivity contribution < 1.29 is 9.53 Å². The van der Waals surface area contributed by atoms with Crippen LogP contribution in [0.2, 0.25) is 0 Å². The van der Waals surface area contributed by atoms with Crippen LogP contribution in [0.15, 0.2) is 31.0 Å². The molecule has 2 aromatic rings. The second kappa shape index (κ2) is 7.32. The number of likely N-dealkylation sites (tertiary alicyclic amines) is 1. The first kappa shape index (κ1) is 16.9. The standard InChI is InChI=1S/C17H20N6O2/c1-22-8-15(20-11-22)13-7-23(17(24)10-25-2)9-16(13)21-14-3-4-19-6-12(14)5-18/h3-4,6,8,11,13,16H,7,9-10H2,1-2H3,(H,19,21)/t13-,16+/m0/s1. The number of rotatable bonds is 5. The lowest BCUT2D eigenvalue weighted by Gasteiger charge is -2.20. The highest BCUT2D eigenvalue weighted by Gasteiger charge is 2.37. The highest BCUT2D eigenvalue weighted by Crippen LogP contribution is 2.30. The zero-order chi connectivity index (χ0) is 17.8. The maximum Gasteiger partial charge on any atom is 0.248 e. The maximum absolute atomic E-state index is 12.2. The summed E-state index contributed by atoms with van der Waals surface area (Å²) in [6.07, 6.45) is 6.88. The van der Waals surface area contributed by atoms with Gasteiger partial charge in [0.15, 0.2) is 0 Å². The van der Waals surface area contributed by atoms with E-state index in [9.17, 15) is 10.1 Å². The van der Waals surface area contributed by atoms with Crippen LogP contribution in [0.4, 0.5) is 5.69 Å². The molecule has 8 nitrogen and oxygen atoms in total. The van der Waals surface area contributed by atoms with Crippen molar-refractivity contribution >= 4 is 11.6 Å². The minimum Gasteiger partial charge on any atom is -0.379 e. The first-order chi connectivity index (χ1) is 12.1. The van der Waals surface area contributed by atoms with E-state index in [4.69, 9.17) is 4.74 Å². The number of ether oxygens (including phenoxy) is 1. The van der Waals surface area contributed by atoms with Crippen molar-refractivity contribution in [3.05, 3.63) is 42.2 Å². The summed E-state index contributed by atoms with van der Waals surface area (Å²) in [5, 5.41) is 12.7. The Labute approximate surface area is 146 Å². The summed E-state index contributed by atoms with van der Waals surface area (Å²) in [7, 11) is 3.43. The third-order valence-corrected chi connectivity index (χ3v) is 4.33. The number of amides is 1. The molecule has 1 aliphatic heterocycles. The van der Waals surface area contributed by atoms with Gasteiger partial charge in [-0.1, -0.05) is 0 Å². The SMILES string of the molecule is COCC(=O)N1C[C@@H](Nc2ccncc2C#N)[C@H](c2cn(C)cn2)C1. The summed E-state index contributed by atoms with van der Waals surface area (Å²) in [6.45, 7) is 1.14. The molecule has 1 fully saturated rings. The van der Waals surface area contributed by atoms with E-state index in [0.717, 1.165) is 5.69 Å². The number of aromatic nitrogens is 3. The second-order valence-electron chi connectivity index (χ2n) is 6.09. The summed E-state index contributed by atoms with van der Waals surface area (Å²) in [5.41, 5.74) is 2.11. The number of nitrogens with zero attached hydrogens (tertiary/aromatic N) is 5. The highest BCUT2D eigenvalue weighted by atomic mass is 16.5. The Bertz CT molecular complexity index is 796. The molecule has 0 unspecified atom stereocenters. The van der Waals surface area contributed by atoms with Crippen molar-refractivity contribution in [2.24, 2.45) is 7.05 Å². The van der Waals surface area contributed by atoms with Crippen LogP contribution in [0.3, 0.4) is 0 Å². The van der Waals surface area contributed by atoms with Crippen molar-refractivity contribution in [2.75, 3.05) is 32.1 Å².